The summed E-state index contributed by atoms with van der Waals surface area (Å²) in [6, 6.07) is 16.5. The van der Waals surface area contributed by atoms with Crippen molar-refractivity contribution < 1.29 is 10.0 Å². The predicted octanol–water partition coefficient (Wildman–Crippen LogP) is 3.29. The first-order chi connectivity index (χ1) is 11.1. The zero-order chi connectivity index (χ0) is 16.7. The Bertz CT molecular complexity index is 631. The van der Waals surface area contributed by atoms with Gasteiger partial charge in [0, 0.05) is 18.7 Å². The predicted molar refractivity (Wildman–Crippen MR) is 90.3 cm³/mol. The molecule has 5 nitrogen and oxygen atoms in total. The topological polar surface area (TPSA) is 75.4 Å². The fourth-order valence-electron chi connectivity index (χ4n) is 2.53. The average molecular weight is 314 g/mol. The zero-order valence-electron chi connectivity index (χ0n) is 13.2. The maximum absolute atomic E-state index is 11.0. The molecule has 0 aliphatic heterocycles. The molecule has 0 radical (unpaired) electrons. The van der Waals surface area contributed by atoms with Gasteiger partial charge in [-0.25, -0.2) is 0 Å². The lowest BCUT2D eigenvalue weighted by atomic mass is 9.97. The van der Waals surface area contributed by atoms with Crippen LogP contribution in [0.25, 0.3) is 0 Å². The lowest BCUT2D eigenvalue weighted by Crippen LogP contribution is -2.27. The maximum atomic E-state index is 11.0. The molecule has 0 heterocycles. The number of rotatable bonds is 8. The van der Waals surface area contributed by atoms with Crippen molar-refractivity contribution in [3.05, 3.63) is 75.8 Å². The number of hydrogen-bond acceptors (Lipinski definition) is 4. The maximum Gasteiger partial charge on any atom is 0.269 e. The minimum Gasteiger partial charge on any atom is -0.396 e. The van der Waals surface area contributed by atoms with E-state index in [4.69, 9.17) is 5.11 Å². The van der Waals surface area contributed by atoms with Crippen LogP contribution in [-0.4, -0.2) is 23.2 Å². The second-order valence-corrected chi connectivity index (χ2v) is 5.72. The number of aliphatic hydroxyl groups is 1. The molecule has 0 aliphatic rings. The van der Waals surface area contributed by atoms with Crippen LogP contribution >= 0.6 is 0 Å². The number of nitrogens with one attached hydrogen (secondary N) is 1. The van der Waals surface area contributed by atoms with E-state index >= 15 is 0 Å². The van der Waals surface area contributed by atoms with Crippen LogP contribution in [0.3, 0.4) is 0 Å². The second-order valence-electron chi connectivity index (χ2n) is 5.72. The van der Waals surface area contributed by atoms with Gasteiger partial charge in [0.15, 0.2) is 0 Å². The molecule has 2 rings (SSSR count). The van der Waals surface area contributed by atoms with Crippen molar-refractivity contribution in [1.82, 2.24) is 5.32 Å². The van der Waals surface area contributed by atoms with Gasteiger partial charge in [-0.3, -0.25) is 10.1 Å². The van der Waals surface area contributed by atoms with Crippen molar-refractivity contribution in [2.24, 2.45) is 5.92 Å². The van der Waals surface area contributed by atoms with Crippen molar-refractivity contribution >= 4 is 5.69 Å². The van der Waals surface area contributed by atoms with Crippen LogP contribution in [0.5, 0.6) is 0 Å². The van der Waals surface area contributed by atoms with Gasteiger partial charge in [0.25, 0.3) is 5.69 Å². The molecule has 122 valence electrons. The van der Waals surface area contributed by atoms with Gasteiger partial charge in [0.2, 0.25) is 0 Å². The molecule has 23 heavy (non-hydrogen) atoms. The van der Waals surface area contributed by atoms with Crippen LogP contribution in [0.4, 0.5) is 5.69 Å². The van der Waals surface area contributed by atoms with E-state index in [-0.39, 0.29) is 23.3 Å². The molecule has 2 unspecified atom stereocenters. The molecule has 0 aliphatic carbocycles. The first kappa shape index (κ1) is 17.1. The monoisotopic (exact) mass is 314 g/mol. The summed E-state index contributed by atoms with van der Waals surface area (Å²) >= 11 is 0. The Balaban J connectivity index is 2.26. The van der Waals surface area contributed by atoms with Gasteiger partial charge in [0.1, 0.15) is 0 Å². The Kier molecular flexibility index (Phi) is 6.26. The summed E-state index contributed by atoms with van der Waals surface area (Å²) in [5.74, 6) is 0.324. The van der Waals surface area contributed by atoms with Crippen LogP contribution in [0.15, 0.2) is 54.6 Å². The van der Waals surface area contributed by atoms with E-state index in [9.17, 15) is 10.1 Å². The molecule has 2 atom stereocenters. The Morgan fingerprint density at radius 1 is 1.13 bits per heavy atom. The fraction of sp³-hybridized carbons (Fsp3) is 0.333. The minimum absolute atomic E-state index is 0.0913. The first-order valence-electron chi connectivity index (χ1n) is 7.75. The smallest absolute Gasteiger partial charge is 0.269 e. The van der Waals surface area contributed by atoms with E-state index in [1.165, 1.54) is 6.07 Å². The van der Waals surface area contributed by atoms with Crippen LogP contribution in [0.2, 0.25) is 0 Å². The summed E-state index contributed by atoms with van der Waals surface area (Å²) in [7, 11) is 0. The number of nitro benzene ring substituents is 1. The number of nitro groups is 1. The molecule has 0 saturated heterocycles. The highest BCUT2D eigenvalue weighted by Gasteiger charge is 2.17. The Hall–Kier alpha value is -2.24. The molecule has 0 aromatic heterocycles. The average Bonchev–Trinajstić information content (AvgIpc) is 2.56. The molecule has 2 N–H and O–H groups in total. The third kappa shape index (κ3) is 4.87. The largest absolute Gasteiger partial charge is 0.396 e. The van der Waals surface area contributed by atoms with Gasteiger partial charge in [0.05, 0.1) is 11.0 Å². The Morgan fingerprint density at radius 3 is 2.48 bits per heavy atom. The van der Waals surface area contributed by atoms with Crippen LogP contribution in [0.1, 0.15) is 30.5 Å². The summed E-state index contributed by atoms with van der Waals surface area (Å²) < 4.78 is 0. The summed E-state index contributed by atoms with van der Waals surface area (Å²) in [6.45, 7) is 2.96. The summed E-state index contributed by atoms with van der Waals surface area (Å²) in [6.07, 6.45) is 0.726. The number of aliphatic hydroxyl groups excluding tert-OH is 1. The second kappa shape index (κ2) is 8.41. The van der Waals surface area contributed by atoms with Gasteiger partial charge in [-0.05, 0) is 30.0 Å². The van der Waals surface area contributed by atoms with E-state index in [1.54, 1.807) is 12.1 Å². The molecule has 2 aromatic rings. The molecule has 0 bridgehead atoms. The molecule has 5 heteroatoms. The highest BCUT2D eigenvalue weighted by Crippen LogP contribution is 2.25. The van der Waals surface area contributed by atoms with Gasteiger partial charge >= 0.3 is 0 Å². The van der Waals surface area contributed by atoms with E-state index < -0.39 is 0 Å². The van der Waals surface area contributed by atoms with E-state index in [2.05, 4.69) is 12.2 Å². The molecule has 0 saturated carbocycles. The molecule has 0 fully saturated rings. The van der Waals surface area contributed by atoms with Gasteiger partial charge < -0.3 is 10.4 Å². The van der Waals surface area contributed by atoms with Crippen molar-refractivity contribution in [3.8, 4) is 0 Å². The summed E-state index contributed by atoms with van der Waals surface area (Å²) in [4.78, 5) is 10.6. The van der Waals surface area contributed by atoms with Crippen molar-refractivity contribution in [3.63, 3.8) is 0 Å². The Morgan fingerprint density at radius 2 is 1.83 bits per heavy atom. The van der Waals surface area contributed by atoms with Crippen LogP contribution < -0.4 is 5.32 Å². The molecular weight excluding hydrogens is 292 g/mol. The van der Waals surface area contributed by atoms with E-state index in [1.807, 2.05) is 36.4 Å². The number of nitrogens with zero attached hydrogens (tertiary/aromatic N) is 1. The van der Waals surface area contributed by atoms with Crippen molar-refractivity contribution in [2.75, 3.05) is 13.2 Å². The lowest BCUT2D eigenvalue weighted by Gasteiger charge is -2.22. The molecular formula is C18H22N2O3. The number of hydrogen-bond donors (Lipinski definition) is 2. The van der Waals surface area contributed by atoms with Gasteiger partial charge in [-0.1, -0.05) is 49.4 Å². The van der Waals surface area contributed by atoms with Gasteiger partial charge in [-0.15, -0.1) is 0 Å². The summed E-state index contributed by atoms with van der Waals surface area (Å²) in [5, 5.41) is 23.5. The van der Waals surface area contributed by atoms with Crippen LogP contribution in [-0.2, 0) is 0 Å². The number of benzene rings is 2. The van der Waals surface area contributed by atoms with Crippen molar-refractivity contribution in [2.45, 2.75) is 19.4 Å². The first-order valence-corrected chi connectivity index (χ1v) is 7.75. The third-order valence-electron chi connectivity index (χ3n) is 3.84. The standard InChI is InChI=1S/C18H22N2O3/c1-14(10-11-21)13-19-18(15-6-3-2-4-7-15)16-8-5-9-17(12-16)20(22)23/h2-9,12,14,18-19,21H,10-11,13H2,1H3. The molecule has 0 amide bonds. The minimum atomic E-state index is -0.375. The molecule has 2 aromatic carbocycles. The quantitative estimate of drug-likeness (QED) is 0.579. The summed E-state index contributed by atoms with van der Waals surface area (Å²) in [5.41, 5.74) is 2.01. The highest BCUT2D eigenvalue weighted by molar-refractivity contribution is 5.40. The number of non-ortho nitro benzene ring substituents is 1. The van der Waals surface area contributed by atoms with Crippen molar-refractivity contribution in [1.29, 1.82) is 0 Å². The lowest BCUT2D eigenvalue weighted by molar-refractivity contribution is -0.384. The van der Waals surface area contributed by atoms with Gasteiger partial charge in [-0.2, -0.15) is 0 Å². The highest BCUT2D eigenvalue weighted by atomic mass is 16.6. The fourth-order valence-corrected chi connectivity index (χ4v) is 2.53. The third-order valence-corrected chi connectivity index (χ3v) is 3.84. The van der Waals surface area contributed by atoms with E-state index in [0.717, 1.165) is 24.1 Å². The molecule has 0 spiro atoms. The SMILES string of the molecule is CC(CCO)CNC(c1ccccc1)c1cccc([N+](=O)[O-])c1. The van der Waals surface area contributed by atoms with E-state index in [0.29, 0.717) is 5.92 Å². The zero-order valence-corrected chi connectivity index (χ0v) is 13.2. The Labute approximate surface area is 136 Å². The normalized spacial score (nSPS) is 13.5. The van der Waals surface area contributed by atoms with Crippen LogP contribution in [0, 0.1) is 16.0 Å².